The highest BCUT2D eigenvalue weighted by Gasteiger charge is 2.22. The molecule has 7 nitrogen and oxygen atoms in total. The molecule has 0 atom stereocenters. The fourth-order valence-electron chi connectivity index (χ4n) is 3.59. The molecule has 182 valence electrons. The van der Waals surface area contributed by atoms with Crippen molar-refractivity contribution in [2.24, 2.45) is 0 Å². The highest BCUT2D eigenvalue weighted by Crippen LogP contribution is 2.32. The van der Waals surface area contributed by atoms with E-state index in [9.17, 15) is 13.2 Å². The molecule has 0 aliphatic carbocycles. The van der Waals surface area contributed by atoms with Crippen LogP contribution in [-0.2, 0) is 21.2 Å². The normalized spacial score (nSPS) is 11.5. The number of hydrogen-bond acceptors (Lipinski definition) is 7. The molecule has 0 radical (unpaired) electrons. The number of nitrogens with zero attached hydrogens (tertiary/aromatic N) is 3. The Morgan fingerprint density at radius 3 is 2.60 bits per heavy atom. The predicted molar refractivity (Wildman–Crippen MR) is 139 cm³/mol. The number of benzene rings is 2. The fraction of sp³-hybridized carbons (Fsp3) is 0.269. The second-order valence-corrected chi connectivity index (χ2v) is 11.2. The lowest BCUT2D eigenvalue weighted by atomic mass is 10.2. The Hall–Kier alpha value is -3.30. The summed E-state index contributed by atoms with van der Waals surface area (Å²) in [6, 6.07) is 17.9. The van der Waals surface area contributed by atoms with Crippen LogP contribution in [0.15, 0.2) is 71.8 Å². The number of carbonyl (C=O) groups excluding carboxylic acids is 1. The number of pyridine rings is 1. The van der Waals surface area contributed by atoms with E-state index in [2.05, 4.69) is 9.97 Å². The Bertz CT molecular complexity index is 1400. The number of aryl methyl sites for hydroxylation is 1. The van der Waals surface area contributed by atoms with Crippen molar-refractivity contribution in [3.05, 3.63) is 78.1 Å². The zero-order valence-corrected chi connectivity index (χ0v) is 21.3. The van der Waals surface area contributed by atoms with Crippen molar-refractivity contribution in [1.82, 2.24) is 9.97 Å². The van der Waals surface area contributed by atoms with Crippen LogP contribution < -0.4 is 9.64 Å². The van der Waals surface area contributed by atoms with Gasteiger partial charge in [-0.25, -0.2) is 13.4 Å². The van der Waals surface area contributed by atoms with Gasteiger partial charge in [0.1, 0.15) is 5.75 Å². The quantitative estimate of drug-likeness (QED) is 0.292. The number of hydrogen-bond donors (Lipinski definition) is 0. The highest BCUT2D eigenvalue weighted by molar-refractivity contribution is 7.91. The number of anilines is 1. The first-order valence-corrected chi connectivity index (χ1v) is 13.9. The van der Waals surface area contributed by atoms with Gasteiger partial charge in [0, 0.05) is 12.6 Å². The number of sulfone groups is 1. The number of ether oxygens (including phenoxy) is 1. The Labute approximate surface area is 209 Å². The fourth-order valence-corrected chi connectivity index (χ4v) is 5.91. The molecular weight excluding hydrogens is 482 g/mol. The van der Waals surface area contributed by atoms with Crippen LogP contribution in [-0.4, -0.2) is 36.7 Å². The summed E-state index contributed by atoms with van der Waals surface area (Å²) < 4.78 is 31.9. The van der Waals surface area contributed by atoms with Crippen LogP contribution in [0.3, 0.4) is 0 Å². The zero-order chi connectivity index (χ0) is 24.8. The second kappa shape index (κ2) is 11.0. The molecule has 4 aromatic rings. The van der Waals surface area contributed by atoms with E-state index < -0.39 is 9.84 Å². The van der Waals surface area contributed by atoms with E-state index >= 15 is 0 Å². The van der Waals surface area contributed by atoms with E-state index in [1.165, 1.54) is 11.3 Å². The maximum atomic E-state index is 13.3. The summed E-state index contributed by atoms with van der Waals surface area (Å²) in [4.78, 5) is 24.2. The summed E-state index contributed by atoms with van der Waals surface area (Å²) in [6.07, 6.45) is 1.98. The van der Waals surface area contributed by atoms with Gasteiger partial charge in [-0.1, -0.05) is 35.1 Å². The molecule has 2 heterocycles. The second-order valence-electron chi connectivity index (χ2n) is 8.10. The van der Waals surface area contributed by atoms with E-state index in [0.29, 0.717) is 11.7 Å². The van der Waals surface area contributed by atoms with Crippen LogP contribution in [0.2, 0.25) is 0 Å². The molecule has 0 saturated heterocycles. The topological polar surface area (TPSA) is 89.5 Å². The third-order valence-electron chi connectivity index (χ3n) is 5.42. The minimum absolute atomic E-state index is 0.0814. The van der Waals surface area contributed by atoms with Gasteiger partial charge in [-0.2, -0.15) is 0 Å². The lowest BCUT2D eigenvalue weighted by molar-refractivity contribution is -0.118. The average molecular weight is 510 g/mol. The predicted octanol–water partition coefficient (Wildman–Crippen LogP) is 5.19. The van der Waals surface area contributed by atoms with Crippen molar-refractivity contribution >= 4 is 42.4 Å². The van der Waals surface area contributed by atoms with E-state index in [4.69, 9.17) is 4.74 Å². The van der Waals surface area contributed by atoms with Crippen LogP contribution in [0.25, 0.3) is 10.2 Å². The van der Waals surface area contributed by atoms with Crippen molar-refractivity contribution in [3.8, 4) is 5.75 Å². The molecule has 9 heteroatoms. The Kier molecular flexibility index (Phi) is 7.77. The summed E-state index contributed by atoms with van der Waals surface area (Å²) in [6.45, 7) is 4.65. The molecule has 0 bridgehead atoms. The largest absolute Gasteiger partial charge is 0.494 e. The van der Waals surface area contributed by atoms with Gasteiger partial charge in [-0.05, 0) is 62.7 Å². The van der Waals surface area contributed by atoms with Crippen LogP contribution in [0.4, 0.5) is 5.13 Å². The zero-order valence-electron chi connectivity index (χ0n) is 19.7. The first-order chi connectivity index (χ1) is 16.9. The lowest BCUT2D eigenvalue weighted by Crippen LogP contribution is -2.30. The van der Waals surface area contributed by atoms with E-state index in [0.717, 1.165) is 27.2 Å². The third kappa shape index (κ3) is 6.23. The van der Waals surface area contributed by atoms with Crippen molar-refractivity contribution in [3.63, 3.8) is 0 Å². The summed E-state index contributed by atoms with van der Waals surface area (Å²) in [5.74, 6) is 0.453. The first-order valence-electron chi connectivity index (χ1n) is 11.4. The summed E-state index contributed by atoms with van der Waals surface area (Å²) in [5.41, 5.74) is 2.49. The molecule has 0 spiro atoms. The Morgan fingerprint density at radius 2 is 1.89 bits per heavy atom. The van der Waals surface area contributed by atoms with Crippen LogP contribution >= 0.6 is 11.3 Å². The van der Waals surface area contributed by atoms with Gasteiger partial charge in [0.2, 0.25) is 5.91 Å². The molecule has 2 aromatic heterocycles. The standard InChI is InChI=1S/C26H27N3O4S2/c1-3-33-21-11-14-23-24(17-21)34-26(28-23)29(18-20-7-4-5-15-27-20)25(30)8-6-16-35(31,32)22-12-9-19(2)10-13-22/h4-5,7,9-15,17H,3,6,8,16,18H2,1-2H3. The minimum atomic E-state index is -3.46. The molecule has 0 aliphatic heterocycles. The molecule has 35 heavy (non-hydrogen) atoms. The van der Waals surface area contributed by atoms with Gasteiger partial charge in [0.05, 0.1) is 39.7 Å². The van der Waals surface area contributed by atoms with Gasteiger partial charge in [0.25, 0.3) is 0 Å². The summed E-state index contributed by atoms with van der Waals surface area (Å²) in [7, 11) is -3.46. The van der Waals surface area contributed by atoms with Gasteiger partial charge >= 0.3 is 0 Å². The maximum absolute atomic E-state index is 13.3. The van der Waals surface area contributed by atoms with Crippen molar-refractivity contribution in [2.45, 2.75) is 38.1 Å². The molecule has 0 unspecified atom stereocenters. The lowest BCUT2D eigenvalue weighted by Gasteiger charge is -2.19. The smallest absolute Gasteiger partial charge is 0.229 e. The van der Waals surface area contributed by atoms with Gasteiger partial charge in [-0.15, -0.1) is 0 Å². The number of fused-ring (bicyclic) bond motifs is 1. The summed E-state index contributed by atoms with van der Waals surface area (Å²) in [5, 5.41) is 0.547. The molecular formula is C26H27N3O4S2. The van der Waals surface area contributed by atoms with Crippen molar-refractivity contribution in [2.75, 3.05) is 17.3 Å². The number of rotatable bonds is 10. The first kappa shape index (κ1) is 24.8. The minimum Gasteiger partial charge on any atom is -0.494 e. The average Bonchev–Trinajstić information content (AvgIpc) is 3.26. The third-order valence-corrected chi connectivity index (χ3v) is 8.28. The number of amides is 1. The highest BCUT2D eigenvalue weighted by atomic mass is 32.2. The van der Waals surface area contributed by atoms with Gasteiger partial charge < -0.3 is 4.74 Å². The Morgan fingerprint density at radius 1 is 1.09 bits per heavy atom. The van der Waals surface area contributed by atoms with E-state index in [1.54, 1.807) is 35.4 Å². The molecule has 1 amide bonds. The van der Waals surface area contributed by atoms with Crippen LogP contribution in [0.1, 0.15) is 31.0 Å². The number of carbonyl (C=O) groups is 1. The molecule has 2 aromatic carbocycles. The van der Waals surface area contributed by atoms with E-state index in [-0.39, 0.29) is 35.9 Å². The Balaban J connectivity index is 1.53. The molecule has 0 aliphatic rings. The van der Waals surface area contributed by atoms with Gasteiger partial charge in [-0.3, -0.25) is 14.7 Å². The van der Waals surface area contributed by atoms with Crippen LogP contribution in [0.5, 0.6) is 5.75 Å². The molecule has 0 N–H and O–H groups in total. The number of thiazole rings is 1. The van der Waals surface area contributed by atoms with Gasteiger partial charge in [0.15, 0.2) is 15.0 Å². The SMILES string of the molecule is CCOc1ccc2nc(N(Cc3ccccn3)C(=O)CCCS(=O)(=O)c3ccc(C)cc3)sc2c1. The summed E-state index contributed by atoms with van der Waals surface area (Å²) >= 11 is 1.40. The monoisotopic (exact) mass is 509 g/mol. The van der Waals surface area contributed by atoms with Crippen molar-refractivity contribution in [1.29, 1.82) is 0 Å². The van der Waals surface area contributed by atoms with E-state index in [1.807, 2.05) is 50.2 Å². The van der Waals surface area contributed by atoms with Crippen molar-refractivity contribution < 1.29 is 17.9 Å². The molecule has 0 saturated carbocycles. The maximum Gasteiger partial charge on any atom is 0.229 e. The number of aromatic nitrogens is 2. The molecule has 0 fully saturated rings. The molecule has 4 rings (SSSR count). The van der Waals surface area contributed by atoms with Crippen LogP contribution in [0, 0.1) is 6.92 Å².